The van der Waals surface area contributed by atoms with Gasteiger partial charge in [0, 0.05) is 24.9 Å². The molecule has 11 atom stereocenters. The van der Waals surface area contributed by atoms with E-state index < -0.39 is 0 Å². The molecule has 3 heterocycles. The second-order valence-electron chi connectivity index (χ2n) is 16.7. The molecule has 0 aromatic heterocycles. The molecule has 0 unspecified atom stereocenters. The molecule has 5 fully saturated rings. The van der Waals surface area contributed by atoms with E-state index in [9.17, 15) is 9.59 Å². The van der Waals surface area contributed by atoms with Crippen LogP contribution in [0.4, 0.5) is 0 Å². The lowest BCUT2D eigenvalue weighted by Gasteiger charge is -2.58. The van der Waals surface area contributed by atoms with Crippen molar-refractivity contribution in [3.8, 4) is 11.5 Å². The molecule has 8 nitrogen and oxygen atoms in total. The molecule has 1 aromatic carbocycles. The molecule has 2 saturated heterocycles. The number of rotatable bonds is 6. The van der Waals surface area contributed by atoms with Gasteiger partial charge in [-0.25, -0.2) is 0 Å². The van der Waals surface area contributed by atoms with Crippen LogP contribution in [0.1, 0.15) is 97.5 Å². The van der Waals surface area contributed by atoms with Gasteiger partial charge in [-0.15, -0.1) is 0 Å². The number of fused-ring (bicyclic) bond motifs is 8. The lowest BCUT2D eigenvalue weighted by Crippen LogP contribution is -2.53. The van der Waals surface area contributed by atoms with Crippen LogP contribution in [0.5, 0.6) is 11.5 Å². The van der Waals surface area contributed by atoms with Crippen LogP contribution in [-0.2, 0) is 25.5 Å². The molecule has 8 rings (SSSR count). The van der Waals surface area contributed by atoms with Crippen molar-refractivity contribution in [2.24, 2.45) is 46.3 Å². The van der Waals surface area contributed by atoms with E-state index in [1.54, 1.807) is 5.57 Å². The van der Waals surface area contributed by atoms with Gasteiger partial charge in [0.15, 0.2) is 17.3 Å². The molecule has 4 aliphatic carbocycles. The van der Waals surface area contributed by atoms with E-state index in [-0.39, 0.29) is 42.3 Å². The quantitative estimate of drug-likeness (QED) is 0.278. The van der Waals surface area contributed by atoms with Crippen molar-refractivity contribution in [2.45, 2.75) is 116 Å². The van der Waals surface area contributed by atoms with Crippen molar-refractivity contribution < 1.29 is 28.5 Å². The summed E-state index contributed by atoms with van der Waals surface area (Å²) < 4.78 is 24.3. The summed E-state index contributed by atoms with van der Waals surface area (Å²) in [4.78, 5) is 25.5. The van der Waals surface area contributed by atoms with E-state index in [1.165, 1.54) is 25.7 Å². The van der Waals surface area contributed by atoms with Crippen LogP contribution in [0.25, 0.3) is 0 Å². The number of amides is 2. The zero-order valence-electron chi connectivity index (χ0n) is 28.8. The maximum atomic E-state index is 12.9. The Hall–Kier alpha value is -2.58. The van der Waals surface area contributed by atoms with Gasteiger partial charge < -0.3 is 29.6 Å². The van der Waals surface area contributed by atoms with Gasteiger partial charge in [-0.2, -0.15) is 0 Å². The molecule has 7 aliphatic rings. The Bertz CT molecular complexity index is 1430. The van der Waals surface area contributed by atoms with Crippen LogP contribution < -0.4 is 20.1 Å². The molecule has 47 heavy (non-hydrogen) atoms. The molecule has 8 heteroatoms. The topological polar surface area (TPSA) is 95.1 Å². The Kier molecular flexibility index (Phi) is 7.94. The van der Waals surface area contributed by atoms with Gasteiger partial charge in [-0.3, -0.25) is 9.59 Å². The standard InChI is InChI=1S/C39H54N2O6/c1-23-9-15-39(46-21-23)24(2)36-33(47-39)19-30-28-7-6-26-18-27(10-13-37(26,3)29(28)11-14-38(30,36)4)41-35(43)20-34(42)40-16-12-25-5-8-31-32(17-25)45-22-44-31/h5-6,8,17,23-24,27-30,33,36H,7,9-16,18-22H2,1-4H3,(H,40,42)(H,41,43)/t23-,24+,27-,28-,29+,30+,33+,36+,37+,38+,39-/m1/s1. The average molecular weight is 647 g/mol. The van der Waals surface area contributed by atoms with Gasteiger partial charge in [0.25, 0.3) is 0 Å². The smallest absolute Gasteiger partial charge is 0.231 e. The fraction of sp³-hybridized carbons (Fsp3) is 0.744. The summed E-state index contributed by atoms with van der Waals surface area (Å²) in [5, 5.41) is 6.12. The minimum Gasteiger partial charge on any atom is -0.454 e. The molecule has 3 aliphatic heterocycles. The molecule has 256 valence electrons. The summed E-state index contributed by atoms with van der Waals surface area (Å²) in [5.41, 5.74) is 3.12. The summed E-state index contributed by atoms with van der Waals surface area (Å²) in [7, 11) is 0. The fourth-order valence-corrected chi connectivity index (χ4v) is 11.7. The summed E-state index contributed by atoms with van der Waals surface area (Å²) in [6.07, 6.45) is 13.6. The Balaban J connectivity index is 0.850. The number of hydrogen-bond acceptors (Lipinski definition) is 6. The average Bonchev–Trinajstić information content (AvgIpc) is 3.70. The molecule has 2 amide bonds. The number of nitrogens with one attached hydrogen (secondary N) is 2. The zero-order valence-corrected chi connectivity index (χ0v) is 28.8. The first-order chi connectivity index (χ1) is 22.6. The van der Waals surface area contributed by atoms with Crippen LogP contribution in [0, 0.1) is 46.3 Å². The highest BCUT2D eigenvalue weighted by molar-refractivity contribution is 5.97. The van der Waals surface area contributed by atoms with Crippen molar-refractivity contribution in [3.05, 3.63) is 35.4 Å². The third-order valence-electron chi connectivity index (χ3n) is 14.2. The molecular weight excluding hydrogens is 592 g/mol. The minimum atomic E-state index is -0.351. The fourth-order valence-electron chi connectivity index (χ4n) is 11.7. The second kappa shape index (κ2) is 11.8. The number of ether oxygens (including phenoxy) is 4. The Labute approximate surface area is 280 Å². The summed E-state index contributed by atoms with van der Waals surface area (Å²) in [6, 6.07) is 5.92. The highest BCUT2D eigenvalue weighted by Gasteiger charge is 2.68. The van der Waals surface area contributed by atoms with Gasteiger partial charge in [-0.05, 0) is 116 Å². The van der Waals surface area contributed by atoms with Gasteiger partial charge in [0.1, 0.15) is 6.42 Å². The highest BCUT2D eigenvalue weighted by Crippen LogP contribution is 2.70. The normalized spacial score (nSPS) is 42.9. The van der Waals surface area contributed by atoms with Gasteiger partial charge >= 0.3 is 0 Å². The van der Waals surface area contributed by atoms with E-state index in [4.69, 9.17) is 18.9 Å². The number of carbonyl (C=O) groups is 2. The second-order valence-corrected chi connectivity index (χ2v) is 16.7. The summed E-state index contributed by atoms with van der Waals surface area (Å²) >= 11 is 0. The number of benzene rings is 1. The van der Waals surface area contributed by atoms with E-state index in [0.29, 0.717) is 60.0 Å². The summed E-state index contributed by atoms with van der Waals surface area (Å²) in [6.45, 7) is 11.4. The monoisotopic (exact) mass is 646 g/mol. The third-order valence-corrected chi connectivity index (χ3v) is 14.2. The Morgan fingerprint density at radius 2 is 1.83 bits per heavy atom. The Morgan fingerprint density at radius 1 is 0.979 bits per heavy atom. The van der Waals surface area contributed by atoms with E-state index in [0.717, 1.165) is 55.8 Å². The van der Waals surface area contributed by atoms with Crippen LogP contribution in [0.3, 0.4) is 0 Å². The summed E-state index contributed by atoms with van der Waals surface area (Å²) in [5.74, 6) is 4.51. The molecular formula is C39H54N2O6. The van der Waals surface area contributed by atoms with E-state index >= 15 is 0 Å². The van der Waals surface area contributed by atoms with E-state index in [2.05, 4.69) is 44.4 Å². The molecule has 0 radical (unpaired) electrons. The SMILES string of the molecule is C[C@@H]1CC[C@@]2(OC1)O[C@H]1C[C@H]3[C@@H]4CC=C5C[C@H](NC(=O)CC(=O)NCCc6ccc7c(c6)OCO7)CC[C@]5(C)[C@H]4CC[C@]3(C)[C@H]1[C@@H]2C. The van der Waals surface area contributed by atoms with Crippen LogP contribution in [0.2, 0.25) is 0 Å². The van der Waals surface area contributed by atoms with Gasteiger partial charge in [0.2, 0.25) is 18.6 Å². The Morgan fingerprint density at radius 3 is 2.66 bits per heavy atom. The van der Waals surface area contributed by atoms with Gasteiger partial charge in [-0.1, -0.05) is 45.4 Å². The van der Waals surface area contributed by atoms with Crippen LogP contribution in [0.15, 0.2) is 29.8 Å². The lowest BCUT2D eigenvalue weighted by molar-refractivity contribution is -0.272. The molecule has 1 spiro atoms. The van der Waals surface area contributed by atoms with Crippen molar-refractivity contribution in [2.75, 3.05) is 19.9 Å². The predicted octanol–water partition coefficient (Wildman–Crippen LogP) is 6.32. The van der Waals surface area contributed by atoms with Crippen molar-refractivity contribution in [3.63, 3.8) is 0 Å². The molecule has 0 bridgehead atoms. The lowest BCUT2D eigenvalue weighted by atomic mass is 9.46. The maximum Gasteiger partial charge on any atom is 0.231 e. The van der Waals surface area contributed by atoms with Crippen LogP contribution >= 0.6 is 0 Å². The molecule has 1 aromatic rings. The molecule has 2 N–H and O–H groups in total. The van der Waals surface area contributed by atoms with Gasteiger partial charge in [0.05, 0.1) is 12.7 Å². The first kappa shape index (κ1) is 31.7. The first-order valence-corrected chi connectivity index (χ1v) is 18.5. The largest absolute Gasteiger partial charge is 0.454 e. The number of allylic oxidation sites excluding steroid dienone is 1. The predicted molar refractivity (Wildman–Crippen MR) is 178 cm³/mol. The number of hydrogen-bond donors (Lipinski definition) is 2. The highest BCUT2D eigenvalue weighted by atomic mass is 16.7. The van der Waals surface area contributed by atoms with Crippen molar-refractivity contribution in [1.29, 1.82) is 0 Å². The van der Waals surface area contributed by atoms with Crippen LogP contribution in [-0.4, -0.2) is 49.7 Å². The van der Waals surface area contributed by atoms with E-state index in [1.807, 2.05) is 18.2 Å². The zero-order chi connectivity index (χ0) is 32.6. The van der Waals surface area contributed by atoms with Crippen molar-refractivity contribution >= 4 is 11.8 Å². The number of carbonyl (C=O) groups excluding carboxylic acids is 2. The van der Waals surface area contributed by atoms with Crippen molar-refractivity contribution in [1.82, 2.24) is 10.6 Å². The molecule has 3 saturated carbocycles. The maximum absolute atomic E-state index is 12.9. The third kappa shape index (κ3) is 5.31. The first-order valence-electron chi connectivity index (χ1n) is 18.5. The minimum absolute atomic E-state index is 0.100.